The van der Waals surface area contributed by atoms with Crippen LogP contribution in [0.3, 0.4) is 0 Å². The maximum Gasteiger partial charge on any atom is 0.363 e. The van der Waals surface area contributed by atoms with Crippen LogP contribution in [0.4, 0.5) is 0 Å². The minimum Gasteiger partial charge on any atom is -0.493 e. The molecule has 1 heterocycles. The molecule has 0 aliphatic carbocycles. The molecule has 6 heteroatoms. The van der Waals surface area contributed by atoms with Gasteiger partial charge in [-0.15, -0.1) is 0 Å². The molecule has 0 aromatic heterocycles. The summed E-state index contributed by atoms with van der Waals surface area (Å²) in [4.78, 5) is 27.5. The summed E-state index contributed by atoms with van der Waals surface area (Å²) < 4.78 is 15.5. The van der Waals surface area contributed by atoms with E-state index in [1.165, 1.54) is 19.6 Å². The first kappa shape index (κ1) is 19.1. The summed E-state index contributed by atoms with van der Waals surface area (Å²) in [7, 11) is 1.48. The molecule has 28 heavy (non-hydrogen) atoms. The molecule has 0 unspecified atom stereocenters. The van der Waals surface area contributed by atoms with E-state index in [1.54, 1.807) is 30.4 Å². The summed E-state index contributed by atoms with van der Waals surface area (Å²) >= 11 is 0. The Morgan fingerprint density at radius 2 is 1.75 bits per heavy atom. The molecule has 0 amide bonds. The van der Waals surface area contributed by atoms with Crippen LogP contribution in [0.5, 0.6) is 11.5 Å². The van der Waals surface area contributed by atoms with Gasteiger partial charge < -0.3 is 14.2 Å². The van der Waals surface area contributed by atoms with Crippen LogP contribution in [0, 0.1) is 6.92 Å². The number of benzene rings is 2. The second-order valence-electron chi connectivity index (χ2n) is 6.12. The van der Waals surface area contributed by atoms with Crippen LogP contribution in [-0.4, -0.2) is 24.9 Å². The first-order chi connectivity index (χ1) is 13.4. The molecule has 0 atom stereocenters. The molecule has 0 saturated heterocycles. The van der Waals surface area contributed by atoms with E-state index < -0.39 is 11.9 Å². The van der Waals surface area contributed by atoms with Gasteiger partial charge in [0.15, 0.2) is 17.2 Å². The van der Waals surface area contributed by atoms with Crippen LogP contribution in [0.1, 0.15) is 23.6 Å². The molecule has 0 saturated carbocycles. The number of rotatable bonds is 5. The van der Waals surface area contributed by atoms with Crippen LogP contribution in [0.25, 0.3) is 12.2 Å². The van der Waals surface area contributed by atoms with Gasteiger partial charge in [0, 0.05) is 13.0 Å². The Labute approximate surface area is 162 Å². The highest BCUT2D eigenvalue weighted by atomic mass is 16.6. The standard InChI is InChI=1S/C22H19NO5/c1-14-4-6-16(7-5-14)9-11-21-23-18(22(25)28-21)12-17-8-10-19(26-3)20(13-17)27-15(2)24/h4-13H,1-3H3/b11-9+,18-12-. The van der Waals surface area contributed by atoms with Crippen molar-refractivity contribution in [2.45, 2.75) is 13.8 Å². The van der Waals surface area contributed by atoms with E-state index in [0.29, 0.717) is 11.3 Å². The molecular formula is C22H19NO5. The van der Waals surface area contributed by atoms with Gasteiger partial charge in [0.2, 0.25) is 5.90 Å². The summed E-state index contributed by atoms with van der Waals surface area (Å²) in [5.41, 5.74) is 2.92. The number of carbonyl (C=O) groups is 2. The second kappa shape index (κ2) is 8.35. The lowest BCUT2D eigenvalue weighted by Gasteiger charge is -2.08. The SMILES string of the molecule is COc1ccc(/C=C2N=C(/C=C/c3ccc(C)cc3)OC\2=O)cc1OC(C)=O. The third-order valence-corrected chi connectivity index (χ3v) is 3.88. The van der Waals surface area contributed by atoms with Gasteiger partial charge in [0.25, 0.3) is 0 Å². The van der Waals surface area contributed by atoms with Gasteiger partial charge >= 0.3 is 11.9 Å². The molecule has 1 aliphatic rings. The highest BCUT2D eigenvalue weighted by Crippen LogP contribution is 2.29. The Morgan fingerprint density at radius 3 is 2.43 bits per heavy atom. The molecule has 0 N–H and O–H groups in total. The van der Waals surface area contributed by atoms with Crippen molar-refractivity contribution < 1.29 is 23.8 Å². The first-order valence-corrected chi connectivity index (χ1v) is 8.58. The number of nitrogens with zero attached hydrogens (tertiary/aromatic N) is 1. The number of hydrogen-bond donors (Lipinski definition) is 0. The lowest BCUT2D eigenvalue weighted by Crippen LogP contribution is -2.03. The predicted molar refractivity (Wildman–Crippen MR) is 106 cm³/mol. The fourth-order valence-electron chi connectivity index (χ4n) is 2.52. The highest BCUT2D eigenvalue weighted by Gasteiger charge is 2.21. The first-order valence-electron chi connectivity index (χ1n) is 8.58. The van der Waals surface area contributed by atoms with E-state index in [9.17, 15) is 9.59 Å². The number of carbonyl (C=O) groups excluding carboxylic acids is 2. The number of aliphatic imine (C=N–C) groups is 1. The molecule has 6 nitrogen and oxygen atoms in total. The van der Waals surface area contributed by atoms with Crippen molar-refractivity contribution in [3.63, 3.8) is 0 Å². The van der Waals surface area contributed by atoms with E-state index in [4.69, 9.17) is 14.2 Å². The van der Waals surface area contributed by atoms with E-state index in [-0.39, 0.29) is 17.3 Å². The van der Waals surface area contributed by atoms with Crippen molar-refractivity contribution in [2.24, 2.45) is 4.99 Å². The van der Waals surface area contributed by atoms with Crippen molar-refractivity contribution in [1.82, 2.24) is 0 Å². The average Bonchev–Trinajstić information content (AvgIpc) is 3.00. The van der Waals surface area contributed by atoms with Gasteiger partial charge in [0.05, 0.1) is 7.11 Å². The topological polar surface area (TPSA) is 74.2 Å². The van der Waals surface area contributed by atoms with Crippen LogP contribution in [0.2, 0.25) is 0 Å². The Balaban J connectivity index is 1.82. The Morgan fingerprint density at radius 1 is 1.04 bits per heavy atom. The molecule has 2 aromatic carbocycles. The molecule has 0 fully saturated rings. The van der Waals surface area contributed by atoms with Gasteiger partial charge in [-0.2, -0.15) is 0 Å². The summed E-state index contributed by atoms with van der Waals surface area (Å²) in [6.45, 7) is 3.31. The molecule has 0 spiro atoms. The van der Waals surface area contributed by atoms with Crippen LogP contribution >= 0.6 is 0 Å². The molecule has 2 aromatic rings. The van der Waals surface area contributed by atoms with Crippen LogP contribution in [-0.2, 0) is 14.3 Å². The quantitative estimate of drug-likeness (QED) is 0.448. The number of cyclic esters (lactones) is 1. The van der Waals surface area contributed by atoms with Crippen molar-refractivity contribution >= 4 is 30.0 Å². The van der Waals surface area contributed by atoms with Crippen LogP contribution < -0.4 is 9.47 Å². The highest BCUT2D eigenvalue weighted by molar-refractivity contribution is 6.11. The average molecular weight is 377 g/mol. The number of ether oxygens (including phenoxy) is 3. The minimum atomic E-state index is -0.548. The molecule has 0 radical (unpaired) electrons. The summed E-state index contributed by atoms with van der Waals surface area (Å²) in [6.07, 6.45) is 5.02. The van der Waals surface area contributed by atoms with Crippen molar-refractivity contribution in [2.75, 3.05) is 7.11 Å². The zero-order chi connectivity index (χ0) is 20.1. The lowest BCUT2D eigenvalue weighted by molar-refractivity contribution is -0.132. The number of aryl methyl sites for hydroxylation is 1. The minimum absolute atomic E-state index is 0.155. The fraction of sp³-hybridized carbons (Fsp3) is 0.136. The summed E-state index contributed by atoms with van der Waals surface area (Å²) in [5.74, 6) is -0.125. The smallest absolute Gasteiger partial charge is 0.363 e. The third-order valence-electron chi connectivity index (χ3n) is 3.88. The fourth-order valence-corrected chi connectivity index (χ4v) is 2.52. The van der Waals surface area contributed by atoms with Gasteiger partial charge in [0.1, 0.15) is 0 Å². The van der Waals surface area contributed by atoms with Gasteiger partial charge in [-0.05, 0) is 42.3 Å². The number of methoxy groups -OCH3 is 1. The van der Waals surface area contributed by atoms with E-state index in [2.05, 4.69) is 4.99 Å². The Hall–Kier alpha value is -3.67. The van der Waals surface area contributed by atoms with Crippen LogP contribution in [0.15, 0.2) is 59.2 Å². The lowest BCUT2D eigenvalue weighted by atomic mass is 10.1. The zero-order valence-corrected chi connectivity index (χ0v) is 15.8. The van der Waals surface area contributed by atoms with Crippen molar-refractivity contribution in [3.8, 4) is 11.5 Å². The Kier molecular flexibility index (Phi) is 5.69. The summed E-state index contributed by atoms with van der Waals surface area (Å²) in [5, 5.41) is 0. The monoisotopic (exact) mass is 377 g/mol. The van der Waals surface area contributed by atoms with Gasteiger partial charge in [-0.3, -0.25) is 4.79 Å². The normalized spacial score (nSPS) is 14.9. The van der Waals surface area contributed by atoms with Gasteiger partial charge in [-0.1, -0.05) is 35.9 Å². The number of esters is 2. The molecule has 3 rings (SSSR count). The molecule has 142 valence electrons. The summed E-state index contributed by atoms with van der Waals surface area (Å²) in [6, 6.07) is 12.9. The predicted octanol–water partition coefficient (Wildman–Crippen LogP) is 3.94. The molecular weight excluding hydrogens is 358 g/mol. The van der Waals surface area contributed by atoms with Gasteiger partial charge in [-0.25, -0.2) is 9.79 Å². The zero-order valence-electron chi connectivity index (χ0n) is 15.8. The molecule has 0 bridgehead atoms. The number of hydrogen-bond acceptors (Lipinski definition) is 6. The van der Waals surface area contributed by atoms with E-state index in [1.807, 2.05) is 37.3 Å². The van der Waals surface area contributed by atoms with Crippen molar-refractivity contribution in [3.05, 3.63) is 70.9 Å². The third kappa shape index (κ3) is 4.73. The molecule has 1 aliphatic heterocycles. The largest absolute Gasteiger partial charge is 0.493 e. The Bertz CT molecular complexity index is 1000. The second-order valence-corrected chi connectivity index (χ2v) is 6.12. The van der Waals surface area contributed by atoms with Crippen molar-refractivity contribution in [1.29, 1.82) is 0 Å². The van der Waals surface area contributed by atoms with E-state index in [0.717, 1.165) is 5.56 Å². The maximum absolute atomic E-state index is 12.1. The maximum atomic E-state index is 12.1. The van der Waals surface area contributed by atoms with E-state index >= 15 is 0 Å².